The van der Waals surface area contributed by atoms with Crippen LogP contribution in [0.25, 0.3) is 0 Å². The molecule has 0 radical (unpaired) electrons. The number of rotatable bonds is 6. The van der Waals surface area contributed by atoms with Gasteiger partial charge >= 0.3 is 0 Å². The Morgan fingerprint density at radius 3 is 2.56 bits per heavy atom. The summed E-state index contributed by atoms with van der Waals surface area (Å²) in [7, 11) is 1.56. The van der Waals surface area contributed by atoms with Crippen LogP contribution in [0.1, 0.15) is 28.5 Å². The van der Waals surface area contributed by atoms with Crippen LogP contribution in [0, 0.1) is 6.92 Å². The standard InChI is InChI=1S/C21H22N4O2/c1-4-15-9-7-8-14(2)20(15)23-19-13-12-17(24-25-19)21(26)22-16-10-5-6-11-18(16)27-3/h5-13H,4H2,1-3H3,(H,22,26)(H,23,25). The highest BCUT2D eigenvalue weighted by molar-refractivity contribution is 6.03. The minimum Gasteiger partial charge on any atom is -0.495 e. The minimum absolute atomic E-state index is 0.229. The fourth-order valence-corrected chi connectivity index (χ4v) is 2.78. The van der Waals surface area contributed by atoms with Crippen molar-refractivity contribution in [1.82, 2.24) is 10.2 Å². The normalized spacial score (nSPS) is 10.3. The van der Waals surface area contributed by atoms with Crippen molar-refractivity contribution in [2.24, 2.45) is 0 Å². The number of ether oxygens (including phenoxy) is 1. The van der Waals surface area contributed by atoms with Crippen LogP contribution in [-0.2, 0) is 6.42 Å². The van der Waals surface area contributed by atoms with Crippen molar-refractivity contribution in [2.75, 3.05) is 17.7 Å². The second kappa shape index (κ2) is 8.31. The highest BCUT2D eigenvalue weighted by atomic mass is 16.5. The molecular formula is C21H22N4O2. The average molecular weight is 362 g/mol. The van der Waals surface area contributed by atoms with E-state index in [4.69, 9.17) is 4.74 Å². The SMILES string of the molecule is CCc1cccc(C)c1Nc1ccc(C(=O)Nc2ccccc2OC)nn1. The zero-order chi connectivity index (χ0) is 19.2. The van der Waals surface area contributed by atoms with Crippen LogP contribution in [0.5, 0.6) is 5.75 Å². The van der Waals surface area contributed by atoms with E-state index in [0.29, 0.717) is 17.3 Å². The third kappa shape index (κ3) is 4.23. The van der Waals surface area contributed by atoms with E-state index in [2.05, 4.69) is 33.8 Å². The molecule has 0 saturated carbocycles. The van der Waals surface area contributed by atoms with Gasteiger partial charge in [-0.25, -0.2) is 0 Å². The smallest absolute Gasteiger partial charge is 0.276 e. The molecule has 2 N–H and O–H groups in total. The maximum Gasteiger partial charge on any atom is 0.276 e. The number of nitrogens with one attached hydrogen (secondary N) is 2. The number of amides is 1. The number of carbonyl (C=O) groups excluding carboxylic acids is 1. The first-order valence-corrected chi connectivity index (χ1v) is 8.76. The van der Waals surface area contributed by atoms with Gasteiger partial charge < -0.3 is 15.4 Å². The van der Waals surface area contributed by atoms with Crippen molar-refractivity contribution in [3.05, 3.63) is 71.4 Å². The van der Waals surface area contributed by atoms with E-state index in [9.17, 15) is 4.79 Å². The first-order valence-electron chi connectivity index (χ1n) is 8.76. The van der Waals surface area contributed by atoms with Gasteiger partial charge in [0.1, 0.15) is 5.75 Å². The molecule has 0 aliphatic heterocycles. The lowest BCUT2D eigenvalue weighted by Crippen LogP contribution is -2.15. The molecule has 6 heteroatoms. The number of benzene rings is 2. The highest BCUT2D eigenvalue weighted by Crippen LogP contribution is 2.25. The van der Waals surface area contributed by atoms with E-state index < -0.39 is 0 Å². The summed E-state index contributed by atoms with van der Waals surface area (Å²) < 4.78 is 5.24. The maximum atomic E-state index is 12.4. The molecule has 1 aromatic heterocycles. The van der Waals surface area contributed by atoms with Crippen molar-refractivity contribution >= 4 is 23.1 Å². The number of hydrogen-bond acceptors (Lipinski definition) is 5. The van der Waals surface area contributed by atoms with Gasteiger partial charge in [0.2, 0.25) is 0 Å². The summed E-state index contributed by atoms with van der Waals surface area (Å²) in [5.74, 6) is 0.834. The van der Waals surface area contributed by atoms with Crippen molar-refractivity contribution in [1.29, 1.82) is 0 Å². The van der Waals surface area contributed by atoms with Gasteiger partial charge in [0.15, 0.2) is 11.5 Å². The largest absolute Gasteiger partial charge is 0.495 e. The molecule has 2 aromatic carbocycles. The molecule has 27 heavy (non-hydrogen) atoms. The lowest BCUT2D eigenvalue weighted by Gasteiger charge is -2.13. The second-order valence-electron chi connectivity index (χ2n) is 6.05. The predicted octanol–water partition coefficient (Wildman–Crippen LogP) is 4.35. The molecule has 1 heterocycles. The topological polar surface area (TPSA) is 76.1 Å². The summed E-state index contributed by atoms with van der Waals surface area (Å²) in [6.45, 7) is 4.15. The fraction of sp³-hybridized carbons (Fsp3) is 0.190. The summed E-state index contributed by atoms with van der Waals surface area (Å²) >= 11 is 0. The van der Waals surface area contributed by atoms with Gasteiger partial charge in [-0.05, 0) is 48.7 Å². The van der Waals surface area contributed by atoms with Crippen molar-refractivity contribution in [2.45, 2.75) is 20.3 Å². The number of methoxy groups -OCH3 is 1. The average Bonchev–Trinajstić information content (AvgIpc) is 2.70. The molecule has 0 aliphatic rings. The Hall–Kier alpha value is -3.41. The lowest BCUT2D eigenvalue weighted by molar-refractivity contribution is 0.102. The summed E-state index contributed by atoms with van der Waals surface area (Å²) in [5, 5.41) is 14.3. The zero-order valence-corrected chi connectivity index (χ0v) is 15.6. The van der Waals surface area contributed by atoms with E-state index in [0.717, 1.165) is 17.7 Å². The van der Waals surface area contributed by atoms with E-state index in [1.165, 1.54) is 5.56 Å². The maximum absolute atomic E-state index is 12.4. The summed E-state index contributed by atoms with van der Waals surface area (Å²) in [4.78, 5) is 12.4. The van der Waals surface area contributed by atoms with Crippen LogP contribution in [0.15, 0.2) is 54.6 Å². The third-order valence-electron chi connectivity index (χ3n) is 4.25. The van der Waals surface area contributed by atoms with Crippen molar-refractivity contribution in [3.63, 3.8) is 0 Å². The zero-order valence-electron chi connectivity index (χ0n) is 15.6. The van der Waals surface area contributed by atoms with Crippen LogP contribution in [0.3, 0.4) is 0 Å². The van der Waals surface area contributed by atoms with Crippen LogP contribution in [0.4, 0.5) is 17.2 Å². The van der Waals surface area contributed by atoms with Gasteiger partial charge in [-0.3, -0.25) is 4.79 Å². The monoisotopic (exact) mass is 362 g/mol. The molecule has 3 aromatic rings. The number of anilines is 3. The van der Waals surface area contributed by atoms with Crippen molar-refractivity contribution < 1.29 is 9.53 Å². The Morgan fingerprint density at radius 1 is 1.04 bits per heavy atom. The van der Waals surface area contributed by atoms with Crippen molar-refractivity contribution in [3.8, 4) is 5.75 Å². The molecule has 0 unspecified atom stereocenters. The Balaban J connectivity index is 1.75. The Bertz CT molecular complexity index is 939. The van der Waals surface area contributed by atoms with Crippen LogP contribution in [-0.4, -0.2) is 23.2 Å². The van der Waals surface area contributed by atoms with Crippen LogP contribution in [0.2, 0.25) is 0 Å². The van der Waals surface area contributed by atoms with Gasteiger partial charge in [-0.1, -0.05) is 37.3 Å². The van der Waals surface area contributed by atoms with E-state index in [-0.39, 0.29) is 11.6 Å². The lowest BCUT2D eigenvalue weighted by atomic mass is 10.1. The number of hydrogen-bond donors (Lipinski definition) is 2. The van der Waals surface area contributed by atoms with E-state index in [1.54, 1.807) is 31.4 Å². The van der Waals surface area contributed by atoms with Gasteiger partial charge in [-0.15, -0.1) is 10.2 Å². The van der Waals surface area contributed by atoms with Gasteiger partial charge in [0.05, 0.1) is 12.8 Å². The molecule has 0 fully saturated rings. The third-order valence-corrected chi connectivity index (χ3v) is 4.25. The molecule has 1 amide bonds. The summed E-state index contributed by atoms with van der Waals surface area (Å²) in [5.41, 5.74) is 4.18. The van der Waals surface area contributed by atoms with E-state index >= 15 is 0 Å². The Labute approximate surface area is 158 Å². The second-order valence-corrected chi connectivity index (χ2v) is 6.05. The molecule has 3 rings (SSSR count). The molecule has 6 nitrogen and oxygen atoms in total. The van der Waals surface area contributed by atoms with Gasteiger partial charge in [0, 0.05) is 5.69 Å². The molecule has 0 atom stereocenters. The van der Waals surface area contributed by atoms with Gasteiger partial charge in [-0.2, -0.15) is 0 Å². The minimum atomic E-state index is -0.344. The quantitative estimate of drug-likeness (QED) is 0.682. The number of para-hydroxylation sites is 3. The Morgan fingerprint density at radius 2 is 1.85 bits per heavy atom. The first-order chi connectivity index (χ1) is 13.1. The molecule has 138 valence electrons. The Kier molecular flexibility index (Phi) is 5.66. The molecule has 0 bridgehead atoms. The summed E-state index contributed by atoms with van der Waals surface area (Å²) in [6.07, 6.45) is 0.914. The molecule has 0 aliphatic carbocycles. The number of nitrogens with zero attached hydrogens (tertiary/aromatic N) is 2. The highest BCUT2D eigenvalue weighted by Gasteiger charge is 2.12. The predicted molar refractivity (Wildman–Crippen MR) is 107 cm³/mol. The molecule has 0 saturated heterocycles. The van der Waals surface area contributed by atoms with Gasteiger partial charge in [0.25, 0.3) is 5.91 Å². The molecule has 0 spiro atoms. The fourth-order valence-electron chi connectivity index (χ4n) is 2.78. The van der Waals surface area contributed by atoms with E-state index in [1.807, 2.05) is 31.2 Å². The number of aromatic nitrogens is 2. The number of aryl methyl sites for hydroxylation is 2. The first kappa shape index (κ1) is 18.4. The molecular weight excluding hydrogens is 340 g/mol. The van der Waals surface area contributed by atoms with Crippen LogP contribution < -0.4 is 15.4 Å². The number of carbonyl (C=O) groups is 1. The van der Waals surface area contributed by atoms with Crippen LogP contribution >= 0.6 is 0 Å². The summed E-state index contributed by atoms with van der Waals surface area (Å²) in [6, 6.07) is 16.8.